The number of methoxy groups -OCH3 is 1. The number of aryl methyl sites for hydroxylation is 1. The number of carbonyl (C=O) groups is 1. The maximum atomic E-state index is 12.5. The number of nitrogens with zero attached hydrogens (tertiary/aromatic N) is 2. The van der Waals surface area contributed by atoms with Gasteiger partial charge in [-0.2, -0.15) is 0 Å². The van der Waals surface area contributed by atoms with Crippen LogP contribution in [0.5, 0.6) is 5.75 Å². The third kappa shape index (κ3) is 6.16. The highest BCUT2D eigenvalue weighted by Crippen LogP contribution is 2.23. The summed E-state index contributed by atoms with van der Waals surface area (Å²) >= 11 is 0. The summed E-state index contributed by atoms with van der Waals surface area (Å²) in [5.74, 6) is 0.878. The number of piperidine rings is 2. The van der Waals surface area contributed by atoms with E-state index in [-0.39, 0.29) is 18.1 Å². The highest BCUT2D eigenvalue weighted by Gasteiger charge is 2.24. The average molecular weight is 437 g/mol. The first-order valence-corrected chi connectivity index (χ1v) is 11.8. The molecule has 32 heavy (non-hydrogen) atoms. The summed E-state index contributed by atoms with van der Waals surface area (Å²) in [6.45, 7) is 7.09. The maximum absolute atomic E-state index is 12.5. The lowest BCUT2D eigenvalue weighted by molar-refractivity contribution is 0.185. The van der Waals surface area contributed by atoms with Crippen LogP contribution in [0.3, 0.4) is 0 Å². The van der Waals surface area contributed by atoms with Gasteiger partial charge < -0.3 is 20.3 Å². The molecule has 0 spiro atoms. The van der Waals surface area contributed by atoms with Gasteiger partial charge in [0.15, 0.2) is 0 Å². The lowest BCUT2D eigenvalue weighted by Gasteiger charge is -2.35. The van der Waals surface area contributed by atoms with Crippen molar-refractivity contribution in [2.75, 3.05) is 38.2 Å². The van der Waals surface area contributed by atoms with E-state index in [2.05, 4.69) is 63.8 Å². The zero-order chi connectivity index (χ0) is 22.3. The van der Waals surface area contributed by atoms with Crippen LogP contribution < -0.4 is 20.3 Å². The van der Waals surface area contributed by atoms with E-state index in [1.54, 1.807) is 7.11 Å². The standard InChI is InChI=1S/C26H36N4O2/c1-20-4-3-5-21(18-20)19-29-14-10-22(11-15-29)27-26(31)28-23-12-16-30(17-13-23)24-6-8-25(32-2)9-7-24/h3-9,18,22-23H,10-17,19H2,1-2H3,(H2,27,28,31). The van der Waals surface area contributed by atoms with Crippen LogP contribution in [0.15, 0.2) is 48.5 Å². The Bertz CT molecular complexity index is 870. The van der Waals surface area contributed by atoms with Crippen LogP contribution in [0.2, 0.25) is 0 Å². The number of anilines is 1. The number of benzene rings is 2. The van der Waals surface area contributed by atoms with Gasteiger partial charge in [0.2, 0.25) is 0 Å². The zero-order valence-electron chi connectivity index (χ0n) is 19.3. The third-order valence-corrected chi connectivity index (χ3v) is 6.68. The number of urea groups is 1. The number of carbonyl (C=O) groups excluding carboxylic acids is 1. The van der Waals surface area contributed by atoms with Gasteiger partial charge in [-0.15, -0.1) is 0 Å². The summed E-state index contributed by atoms with van der Waals surface area (Å²) in [5, 5.41) is 6.41. The van der Waals surface area contributed by atoms with E-state index >= 15 is 0 Å². The van der Waals surface area contributed by atoms with Gasteiger partial charge in [-0.1, -0.05) is 29.8 Å². The predicted octanol–water partition coefficient (Wildman–Crippen LogP) is 3.94. The summed E-state index contributed by atoms with van der Waals surface area (Å²) < 4.78 is 5.24. The molecule has 2 amide bonds. The molecule has 0 bridgehead atoms. The quantitative estimate of drug-likeness (QED) is 0.720. The molecule has 4 rings (SSSR count). The molecule has 2 aliphatic heterocycles. The van der Waals surface area contributed by atoms with Gasteiger partial charge >= 0.3 is 6.03 Å². The molecule has 0 aliphatic carbocycles. The minimum Gasteiger partial charge on any atom is -0.497 e. The molecule has 0 unspecified atom stereocenters. The van der Waals surface area contributed by atoms with Crippen LogP contribution in [0.25, 0.3) is 0 Å². The molecule has 0 aromatic heterocycles. The van der Waals surface area contributed by atoms with Crippen molar-refractivity contribution in [1.29, 1.82) is 0 Å². The van der Waals surface area contributed by atoms with Gasteiger partial charge in [0, 0.05) is 50.5 Å². The summed E-state index contributed by atoms with van der Waals surface area (Å²) in [7, 11) is 1.69. The van der Waals surface area contributed by atoms with E-state index in [1.165, 1.54) is 16.8 Å². The Morgan fingerprint density at radius 1 is 0.938 bits per heavy atom. The van der Waals surface area contributed by atoms with Crippen LogP contribution in [0.1, 0.15) is 36.8 Å². The summed E-state index contributed by atoms with van der Waals surface area (Å²) in [6, 6.07) is 17.4. The first-order chi connectivity index (χ1) is 15.6. The van der Waals surface area contributed by atoms with Crippen LogP contribution >= 0.6 is 0 Å². The minimum atomic E-state index is -0.00923. The van der Waals surface area contributed by atoms with Crippen molar-refractivity contribution in [2.24, 2.45) is 0 Å². The largest absolute Gasteiger partial charge is 0.497 e. The van der Waals surface area contributed by atoms with Crippen molar-refractivity contribution in [2.45, 2.75) is 51.2 Å². The maximum Gasteiger partial charge on any atom is 0.315 e. The summed E-state index contributed by atoms with van der Waals surface area (Å²) in [4.78, 5) is 17.4. The van der Waals surface area contributed by atoms with Gasteiger partial charge in [-0.3, -0.25) is 4.90 Å². The molecule has 2 N–H and O–H groups in total. The second kappa shape index (κ2) is 10.7. The monoisotopic (exact) mass is 436 g/mol. The predicted molar refractivity (Wildman–Crippen MR) is 129 cm³/mol. The second-order valence-corrected chi connectivity index (χ2v) is 9.12. The Morgan fingerprint density at radius 3 is 2.16 bits per heavy atom. The topological polar surface area (TPSA) is 56.8 Å². The molecule has 2 aromatic carbocycles. The Kier molecular flexibility index (Phi) is 7.53. The minimum absolute atomic E-state index is 0.00923. The highest BCUT2D eigenvalue weighted by atomic mass is 16.5. The lowest BCUT2D eigenvalue weighted by atomic mass is 10.0. The van der Waals surface area contributed by atoms with E-state index in [0.29, 0.717) is 0 Å². The zero-order valence-corrected chi connectivity index (χ0v) is 19.3. The fourth-order valence-corrected chi connectivity index (χ4v) is 4.79. The normalized spacial score (nSPS) is 18.4. The van der Waals surface area contributed by atoms with Gasteiger partial charge in [0.05, 0.1) is 7.11 Å². The Morgan fingerprint density at radius 2 is 1.56 bits per heavy atom. The van der Waals surface area contributed by atoms with Crippen LogP contribution in [0.4, 0.5) is 10.5 Å². The molecule has 6 nitrogen and oxygen atoms in total. The number of rotatable bonds is 6. The van der Waals surface area contributed by atoms with Crippen LogP contribution in [0, 0.1) is 6.92 Å². The van der Waals surface area contributed by atoms with Crippen LogP contribution in [-0.4, -0.2) is 56.3 Å². The number of ether oxygens (including phenoxy) is 1. The fraction of sp³-hybridized carbons (Fsp3) is 0.500. The molecule has 0 saturated carbocycles. The molecule has 172 valence electrons. The first kappa shape index (κ1) is 22.5. The lowest BCUT2D eigenvalue weighted by Crippen LogP contribution is -2.52. The number of nitrogens with one attached hydrogen (secondary N) is 2. The van der Waals surface area contributed by atoms with E-state index in [0.717, 1.165) is 64.2 Å². The number of hydrogen-bond acceptors (Lipinski definition) is 4. The third-order valence-electron chi connectivity index (χ3n) is 6.68. The number of amides is 2. The van der Waals surface area contributed by atoms with E-state index in [1.807, 2.05) is 12.1 Å². The molecule has 2 fully saturated rings. The fourth-order valence-electron chi connectivity index (χ4n) is 4.79. The van der Waals surface area contributed by atoms with Gasteiger partial charge in [0.25, 0.3) is 0 Å². The molecule has 2 aliphatic rings. The van der Waals surface area contributed by atoms with E-state index in [9.17, 15) is 4.79 Å². The Hall–Kier alpha value is -2.73. The summed E-state index contributed by atoms with van der Waals surface area (Å²) in [6.07, 6.45) is 3.95. The number of hydrogen-bond donors (Lipinski definition) is 2. The van der Waals surface area contributed by atoms with Gasteiger partial charge in [-0.05, 0) is 62.4 Å². The molecular weight excluding hydrogens is 400 g/mol. The van der Waals surface area contributed by atoms with Crippen LogP contribution in [-0.2, 0) is 6.54 Å². The molecule has 0 radical (unpaired) electrons. The smallest absolute Gasteiger partial charge is 0.315 e. The Labute approximate surface area is 191 Å². The molecule has 6 heteroatoms. The van der Waals surface area contributed by atoms with Crippen molar-refractivity contribution in [1.82, 2.24) is 15.5 Å². The molecule has 2 saturated heterocycles. The van der Waals surface area contributed by atoms with Crippen molar-refractivity contribution >= 4 is 11.7 Å². The average Bonchev–Trinajstić information content (AvgIpc) is 2.81. The SMILES string of the molecule is COc1ccc(N2CCC(NC(=O)NC3CCN(Cc4cccc(C)c4)CC3)CC2)cc1. The summed E-state index contributed by atoms with van der Waals surface area (Å²) in [5.41, 5.74) is 3.90. The Balaban J connectivity index is 1.15. The molecular formula is C26H36N4O2. The van der Waals surface area contributed by atoms with Gasteiger partial charge in [-0.25, -0.2) is 4.79 Å². The van der Waals surface area contributed by atoms with E-state index < -0.39 is 0 Å². The molecule has 0 atom stereocenters. The highest BCUT2D eigenvalue weighted by molar-refractivity contribution is 5.74. The van der Waals surface area contributed by atoms with Crippen molar-refractivity contribution < 1.29 is 9.53 Å². The first-order valence-electron chi connectivity index (χ1n) is 11.8. The van der Waals surface area contributed by atoms with Gasteiger partial charge in [0.1, 0.15) is 5.75 Å². The van der Waals surface area contributed by atoms with Crippen molar-refractivity contribution in [3.8, 4) is 5.75 Å². The van der Waals surface area contributed by atoms with Crippen molar-refractivity contribution in [3.05, 3.63) is 59.7 Å². The second-order valence-electron chi connectivity index (χ2n) is 9.12. The van der Waals surface area contributed by atoms with E-state index in [4.69, 9.17) is 4.74 Å². The van der Waals surface area contributed by atoms with Crippen molar-refractivity contribution in [3.63, 3.8) is 0 Å². The molecule has 2 aromatic rings. The number of likely N-dealkylation sites (tertiary alicyclic amines) is 1. The molecule has 2 heterocycles.